The molecule has 0 aliphatic carbocycles. The lowest BCUT2D eigenvalue weighted by molar-refractivity contribution is 0.101. The molecule has 4 heteroatoms. The third-order valence-corrected chi connectivity index (χ3v) is 3.06. The standard InChI is InChI=1S/C15H12ClFO2/c1-10(18)11-5-7-12(8-6-11)19-9-13-14(16)3-2-4-15(13)17/h2-8H,9H2,1H3. The Morgan fingerprint density at radius 2 is 1.89 bits per heavy atom. The van der Waals surface area contributed by atoms with Crippen molar-refractivity contribution >= 4 is 17.4 Å². The number of benzene rings is 2. The van der Waals surface area contributed by atoms with Gasteiger partial charge in [-0.25, -0.2) is 4.39 Å². The van der Waals surface area contributed by atoms with Crippen LogP contribution in [0.25, 0.3) is 0 Å². The quantitative estimate of drug-likeness (QED) is 0.781. The van der Waals surface area contributed by atoms with Crippen molar-refractivity contribution in [3.8, 4) is 5.75 Å². The number of halogens is 2. The maximum atomic E-state index is 13.5. The van der Waals surface area contributed by atoms with Crippen LogP contribution in [0.5, 0.6) is 5.75 Å². The molecule has 0 spiro atoms. The fourth-order valence-corrected chi connectivity index (χ4v) is 1.83. The molecule has 0 bridgehead atoms. The molecule has 0 unspecified atom stereocenters. The summed E-state index contributed by atoms with van der Waals surface area (Å²) in [6, 6.07) is 11.2. The molecule has 0 atom stereocenters. The Morgan fingerprint density at radius 3 is 2.47 bits per heavy atom. The summed E-state index contributed by atoms with van der Waals surface area (Å²) in [5.41, 5.74) is 0.927. The molecule has 2 aromatic rings. The summed E-state index contributed by atoms with van der Waals surface area (Å²) < 4.78 is 19.0. The highest BCUT2D eigenvalue weighted by atomic mass is 35.5. The van der Waals surface area contributed by atoms with Gasteiger partial charge in [-0.3, -0.25) is 4.79 Å². The summed E-state index contributed by atoms with van der Waals surface area (Å²) in [6.45, 7) is 1.54. The molecule has 19 heavy (non-hydrogen) atoms. The SMILES string of the molecule is CC(=O)c1ccc(OCc2c(F)cccc2Cl)cc1. The molecule has 0 aromatic heterocycles. The van der Waals surface area contributed by atoms with Gasteiger partial charge in [0.05, 0.1) is 5.02 Å². The van der Waals surface area contributed by atoms with Gasteiger partial charge in [0.1, 0.15) is 18.2 Å². The molecule has 2 rings (SSSR count). The first kappa shape index (κ1) is 13.6. The van der Waals surface area contributed by atoms with Gasteiger partial charge in [0, 0.05) is 11.1 Å². The average molecular weight is 279 g/mol. The molecular weight excluding hydrogens is 267 g/mol. The van der Waals surface area contributed by atoms with Crippen molar-refractivity contribution in [2.24, 2.45) is 0 Å². The number of hydrogen-bond acceptors (Lipinski definition) is 2. The van der Waals surface area contributed by atoms with Gasteiger partial charge >= 0.3 is 0 Å². The monoisotopic (exact) mass is 278 g/mol. The Balaban J connectivity index is 2.08. The van der Waals surface area contributed by atoms with Crippen molar-refractivity contribution in [1.82, 2.24) is 0 Å². The van der Waals surface area contributed by atoms with E-state index in [0.717, 1.165) is 0 Å². The molecule has 2 aromatic carbocycles. The van der Waals surface area contributed by atoms with E-state index in [9.17, 15) is 9.18 Å². The molecular formula is C15H12ClFO2. The molecule has 0 aliphatic heterocycles. The van der Waals surface area contributed by atoms with E-state index in [-0.39, 0.29) is 12.4 Å². The van der Waals surface area contributed by atoms with Gasteiger partial charge in [0.15, 0.2) is 5.78 Å². The Kier molecular flexibility index (Phi) is 4.17. The first-order valence-corrected chi connectivity index (χ1v) is 6.12. The third-order valence-electron chi connectivity index (χ3n) is 2.71. The number of hydrogen-bond donors (Lipinski definition) is 0. The second-order valence-electron chi connectivity index (χ2n) is 4.07. The summed E-state index contributed by atoms with van der Waals surface area (Å²) in [4.78, 5) is 11.1. The molecule has 0 fully saturated rings. The van der Waals surface area contributed by atoms with Gasteiger partial charge in [-0.05, 0) is 43.3 Å². The molecule has 0 N–H and O–H groups in total. The summed E-state index contributed by atoms with van der Waals surface area (Å²) in [5.74, 6) is 0.154. The predicted octanol–water partition coefficient (Wildman–Crippen LogP) is 4.26. The Bertz CT molecular complexity index is 573. The van der Waals surface area contributed by atoms with E-state index in [1.807, 2.05) is 0 Å². The van der Waals surface area contributed by atoms with Gasteiger partial charge in [0.25, 0.3) is 0 Å². The lowest BCUT2D eigenvalue weighted by atomic mass is 10.1. The number of ketones is 1. The molecule has 0 saturated heterocycles. The van der Waals surface area contributed by atoms with Gasteiger partial charge in [-0.1, -0.05) is 17.7 Å². The number of rotatable bonds is 4. The molecule has 0 amide bonds. The molecule has 2 nitrogen and oxygen atoms in total. The number of carbonyl (C=O) groups is 1. The summed E-state index contributed by atoms with van der Waals surface area (Å²) >= 11 is 5.90. The van der Waals surface area contributed by atoms with E-state index in [1.165, 1.54) is 13.0 Å². The van der Waals surface area contributed by atoms with E-state index in [0.29, 0.717) is 21.9 Å². The van der Waals surface area contributed by atoms with Gasteiger partial charge in [-0.15, -0.1) is 0 Å². The lowest BCUT2D eigenvalue weighted by Crippen LogP contribution is -2.00. The average Bonchev–Trinajstić information content (AvgIpc) is 2.38. The van der Waals surface area contributed by atoms with Crippen LogP contribution in [-0.2, 0) is 6.61 Å². The Morgan fingerprint density at radius 1 is 1.21 bits per heavy atom. The lowest BCUT2D eigenvalue weighted by Gasteiger charge is -2.09. The fourth-order valence-electron chi connectivity index (χ4n) is 1.61. The Labute approximate surface area is 115 Å². The van der Waals surface area contributed by atoms with Crippen molar-refractivity contribution in [2.45, 2.75) is 13.5 Å². The van der Waals surface area contributed by atoms with E-state index in [4.69, 9.17) is 16.3 Å². The molecule has 0 aliphatic rings. The zero-order valence-corrected chi connectivity index (χ0v) is 11.1. The van der Waals surface area contributed by atoms with Crippen LogP contribution in [0.15, 0.2) is 42.5 Å². The molecule has 0 heterocycles. The van der Waals surface area contributed by atoms with E-state index in [1.54, 1.807) is 36.4 Å². The van der Waals surface area contributed by atoms with E-state index < -0.39 is 5.82 Å². The summed E-state index contributed by atoms with van der Waals surface area (Å²) in [7, 11) is 0. The van der Waals surface area contributed by atoms with Crippen LogP contribution in [0.2, 0.25) is 5.02 Å². The fraction of sp³-hybridized carbons (Fsp3) is 0.133. The zero-order chi connectivity index (χ0) is 13.8. The first-order valence-electron chi connectivity index (χ1n) is 5.74. The Hall–Kier alpha value is -1.87. The third kappa shape index (κ3) is 3.32. The number of Topliss-reactive ketones (excluding diaryl/α,β-unsaturated/α-hetero) is 1. The zero-order valence-electron chi connectivity index (χ0n) is 10.3. The van der Waals surface area contributed by atoms with Crippen LogP contribution >= 0.6 is 11.6 Å². The largest absolute Gasteiger partial charge is 0.489 e. The summed E-state index contributed by atoms with van der Waals surface area (Å²) in [5, 5.41) is 0.334. The highest BCUT2D eigenvalue weighted by Crippen LogP contribution is 2.21. The first-order chi connectivity index (χ1) is 9.08. The smallest absolute Gasteiger partial charge is 0.159 e. The molecule has 0 saturated carbocycles. The van der Waals surface area contributed by atoms with Crippen molar-refractivity contribution in [3.63, 3.8) is 0 Å². The topological polar surface area (TPSA) is 26.3 Å². The van der Waals surface area contributed by atoms with Crippen molar-refractivity contribution in [2.75, 3.05) is 0 Å². The van der Waals surface area contributed by atoms with Crippen LogP contribution in [0.3, 0.4) is 0 Å². The van der Waals surface area contributed by atoms with Crippen LogP contribution in [0, 0.1) is 5.82 Å². The van der Waals surface area contributed by atoms with Crippen LogP contribution < -0.4 is 4.74 Å². The van der Waals surface area contributed by atoms with Crippen LogP contribution in [0.1, 0.15) is 22.8 Å². The highest BCUT2D eigenvalue weighted by Gasteiger charge is 2.07. The second-order valence-corrected chi connectivity index (χ2v) is 4.48. The summed E-state index contributed by atoms with van der Waals surface area (Å²) in [6.07, 6.45) is 0. The molecule has 0 radical (unpaired) electrons. The van der Waals surface area contributed by atoms with Crippen molar-refractivity contribution in [1.29, 1.82) is 0 Å². The van der Waals surface area contributed by atoms with Crippen LogP contribution in [0.4, 0.5) is 4.39 Å². The molecule has 98 valence electrons. The normalized spacial score (nSPS) is 10.3. The maximum Gasteiger partial charge on any atom is 0.159 e. The minimum atomic E-state index is -0.396. The maximum absolute atomic E-state index is 13.5. The van der Waals surface area contributed by atoms with Gasteiger partial charge < -0.3 is 4.74 Å². The minimum absolute atomic E-state index is 0.0105. The number of ether oxygens (including phenoxy) is 1. The van der Waals surface area contributed by atoms with E-state index in [2.05, 4.69) is 0 Å². The minimum Gasteiger partial charge on any atom is -0.489 e. The van der Waals surface area contributed by atoms with Crippen LogP contribution in [-0.4, -0.2) is 5.78 Å². The highest BCUT2D eigenvalue weighted by molar-refractivity contribution is 6.31. The van der Waals surface area contributed by atoms with Gasteiger partial charge in [-0.2, -0.15) is 0 Å². The van der Waals surface area contributed by atoms with Crippen molar-refractivity contribution in [3.05, 3.63) is 64.4 Å². The van der Waals surface area contributed by atoms with Gasteiger partial charge in [0.2, 0.25) is 0 Å². The predicted molar refractivity (Wildman–Crippen MR) is 72.2 cm³/mol. The van der Waals surface area contributed by atoms with Crippen molar-refractivity contribution < 1.29 is 13.9 Å². The van der Waals surface area contributed by atoms with E-state index >= 15 is 0 Å². The number of carbonyl (C=O) groups excluding carboxylic acids is 1. The second kappa shape index (κ2) is 5.85.